The van der Waals surface area contributed by atoms with Crippen LogP contribution in [0.2, 0.25) is 0 Å². The van der Waals surface area contributed by atoms with Gasteiger partial charge in [-0.15, -0.1) is 15.3 Å². The molecule has 0 bridgehead atoms. The number of fused-ring (bicyclic) bond motifs is 1. The van der Waals surface area contributed by atoms with E-state index in [9.17, 15) is 5.21 Å². The zero-order valence-corrected chi connectivity index (χ0v) is 13.0. The predicted molar refractivity (Wildman–Crippen MR) is 93.1 cm³/mol. The summed E-state index contributed by atoms with van der Waals surface area (Å²) in [6.07, 6.45) is 0. The van der Waals surface area contributed by atoms with Gasteiger partial charge in [0.1, 0.15) is 11.4 Å². The van der Waals surface area contributed by atoms with E-state index in [1.54, 1.807) is 30.3 Å². The van der Waals surface area contributed by atoms with Crippen molar-refractivity contribution in [2.75, 3.05) is 0 Å². The molecule has 0 saturated heterocycles. The first kappa shape index (κ1) is 14.8. The smallest absolute Gasteiger partial charge is 0.303 e. The highest BCUT2D eigenvalue weighted by Gasteiger charge is 2.27. The summed E-state index contributed by atoms with van der Waals surface area (Å²) in [5.41, 5.74) is 3.42. The van der Waals surface area contributed by atoms with Crippen LogP contribution < -0.4 is 0 Å². The van der Waals surface area contributed by atoms with Gasteiger partial charge in [0.15, 0.2) is 5.69 Å². The molecular formula is C18H12N6O. The van der Waals surface area contributed by atoms with Gasteiger partial charge in [0.25, 0.3) is 0 Å². The fourth-order valence-electron chi connectivity index (χ4n) is 2.33. The van der Waals surface area contributed by atoms with Crippen LogP contribution in [-0.2, 0) is 0 Å². The summed E-state index contributed by atoms with van der Waals surface area (Å²) in [6, 6.07) is 22.0. The maximum absolute atomic E-state index is 11.5. The van der Waals surface area contributed by atoms with E-state index in [4.69, 9.17) is 0 Å². The van der Waals surface area contributed by atoms with Gasteiger partial charge in [-0.3, -0.25) is 0 Å². The second kappa shape index (κ2) is 6.40. The van der Waals surface area contributed by atoms with E-state index in [0.717, 1.165) is 5.69 Å². The minimum Gasteiger partial charge on any atom is -0.594 e. The Morgan fingerprint density at radius 2 is 1.24 bits per heavy atom. The maximum Gasteiger partial charge on any atom is 0.303 e. The van der Waals surface area contributed by atoms with Crippen LogP contribution in [0.25, 0.3) is 0 Å². The summed E-state index contributed by atoms with van der Waals surface area (Å²) in [6.45, 7) is 0. The Morgan fingerprint density at radius 3 is 1.96 bits per heavy atom. The van der Waals surface area contributed by atoms with Gasteiger partial charge in [-0.25, -0.2) is 0 Å². The topological polar surface area (TPSA) is 87.9 Å². The van der Waals surface area contributed by atoms with Gasteiger partial charge in [-0.2, -0.15) is 5.11 Å². The Hall–Kier alpha value is -3.74. The number of para-hydroxylation sites is 1. The highest BCUT2D eigenvalue weighted by molar-refractivity contribution is 5.73. The van der Waals surface area contributed by atoms with Crippen molar-refractivity contribution >= 4 is 34.1 Å². The third-order valence-electron chi connectivity index (χ3n) is 3.56. The Kier molecular flexibility index (Phi) is 3.80. The van der Waals surface area contributed by atoms with E-state index in [-0.39, 0.29) is 0 Å². The fourth-order valence-corrected chi connectivity index (χ4v) is 2.33. The Balaban J connectivity index is 1.62. The first-order valence-corrected chi connectivity index (χ1v) is 7.61. The lowest BCUT2D eigenvalue weighted by Gasteiger charge is -2.10. The number of azo groups is 3. The van der Waals surface area contributed by atoms with Gasteiger partial charge < -0.3 is 5.21 Å². The van der Waals surface area contributed by atoms with Crippen LogP contribution in [0, 0.1) is 5.21 Å². The molecule has 1 aliphatic heterocycles. The molecule has 0 fully saturated rings. The molecule has 25 heavy (non-hydrogen) atoms. The number of hydrogen-bond acceptors (Lipinski definition) is 6. The number of hydrogen-bond donors (Lipinski definition) is 0. The van der Waals surface area contributed by atoms with Crippen molar-refractivity contribution < 1.29 is 4.86 Å². The molecule has 0 atom stereocenters. The van der Waals surface area contributed by atoms with Crippen LogP contribution in [0.1, 0.15) is 0 Å². The average Bonchev–Trinajstić information content (AvgIpc) is 2.65. The van der Waals surface area contributed by atoms with Crippen LogP contribution in [0.4, 0.5) is 34.1 Å². The molecule has 0 saturated carbocycles. The summed E-state index contributed by atoms with van der Waals surface area (Å²) in [5, 5.41) is 32.1. The van der Waals surface area contributed by atoms with Crippen molar-refractivity contribution in [2.24, 2.45) is 25.6 Å². The van der Waals surface area contributed by atoms with E-state index in [0.29, 0.717) is 33.3 Å². The van der Waals surface area contributed by atoms with E-state index in [1.165, 1.54) is 0 Å². The normalized spacial score (nSPS) is 12.9. The van der Waals surface area contributed by atoms with Gasteiger partial charge in [0.05, 0.1) is 5.69 Å². The van der Waals surface area contributed by atoms with Crippen LogP contribution in [0.3, 0.4) is 0 Å². The second-order valence-corrected chi connectivity index (χ2v) is 5.24. The van der Waals surface area contributed by atoms with E-state index in [1.807, 2.05) is 42.5 Å². The number of rotatable bonds is 4. The van der Waals surface area contributed by atoms with Crippen molar-refractivity contribution in [3.05, 3.63) is 78.0 Å². The molecule has 3 aromatic carbocycles. The van der Waals surface area contributed by atoms with Crippen molar-refractivity contribution in [2.45, 2.75) is 0 Å². The van der Waals surface area contributed by atoms with E-state index in [2.05, 4.69) is 25.6 Å². The Labute approximate surface area is 143 Å². The van der Waals surface area contributed by atoms with E-state index < -0.39 is 0 Å². The van der Waals surface area contributed by atoms with Gasteiger partial charge in [0.2, 0.25) is 5.69 Å². The highest BCUT2D eigenvalue weighted by Crippen LogP contribution is 2.44. The molecule has 7 nitrogen and oxygen atoms in total. The SMILES string of the molecule is [O-][N+]1=Nc2cccc(N=Nc3ccccc3N=Nc3ccccc3)c21. The zero-order chi connectivity index (χ0) is 17.1. The molecule has 0 spiro atoms. The summed E-state index contributed by atoms with van der Waals surface area (Å²) >= 11 is 0. The largest absolute Gasteiger partial charge is 0.594 e. The number of nitrogens with zero attached hydrogens (tertiary/aromatic N) is 6. The van der Waals surface area contributed by atoms with Crippen molar-refractivity contribution in [3.8, 4) is 0 Å². The first-order chi connectivity index (χ1) is 12.3. The Morgan fingerprint density at radius 1 is 0.640 bits per heavy atom. The average molecular weight is 328 g/mol. The third kappa shape index (κ3) is 3.02. The lowest BCUT2D eigenvalue weighted by Crippen LogP contribution is -1.99. The van der Waals surface area contributed by atoms with Crippen molar-refractivity contribution in [3.63, 3.8) is 0 Å². The minimum absolute atomic E-state index is 0.426. The fraction of sp³-hybridized carbons (Fsp3) is 0. The predicted octanol–water partition coefficient (Wildman–Crippen LogP) is 6.76. The Bertz CT molecular complexity index is 1010. The van der Waals surface area contributed by atoms with E-state index >= 15 is 0 Å². The highest BCUT2D eigenvalue weighted by atomic mass is 16.5. The van der Waals surface area contributed by atoms with Gasteiger partial charge in [-0.1, -0.05) is 36.4 Å². The van der Waals surface area contributed by atoms with Crippen LogP contribution in [0.15, 0.2) is 98.4 Å². The molecule has 0 radical (unpaired) electrons. The zero-order valence-electron chi connectivity index (χ0n) is 13.0. The summed E-state index contributed by atoms with van der Waals surface area (Å²) in [7, 11) is 0. The molecule has 1 heterocycles. The third-order valence-corrected chi connectivity index (χ3v) is 3.56. The molecular weight excluding hydrogens is 316 g/mol. The number of benzene rings is 3. The van der Waals surface area contributed by atoms with Crippen LogP contribution >= 0.6 is 0 Å². The molecule has 1 aliphatic rings. The standard InChI is InChI=1S/C18H12N6O/c25-24-18-16(11-6-12-17(18)23-24)22-21-15-10-5-4-9-14(15)20-19-13-7-2-1-3-8-13/h1-12H. The van der Waals surface area contributed by atoms with Crippen LogP contribution in [-0.4, -0.2) is 4.86 Å². The van der Waals surface area contributed by atoms with Gasteiger partial charge in [-0.05, 0) is 41.3 Å². The maximum atomic E-state index is 11.5. The molecule has 0 amide bonds. The summed E-state index contributed by atoms with van der Waals surface area (Å²) < 4.78 is 0. The summed E-state index contributed by atoms with van der Waals surface area (Å²) in [5.74, 6) is 0. The lowest BCUT2D eigenvalue weighted by atomic mass is 10.2. The van der Waals surface area contributed by atoms with Crippen LogP contribution in [0.5, 0.6) is 0 Å². The second-order valence-electron chi connectivity index (χ2n) is 5.24. The van der Waals surface area contributed by atoms with Crippen molar-refractivity contribution in [1.29, 1.82) is 0 Å². The lowest BCUT2D eigenvalue weighted by molar-refractivity contribution is -0.453. The molecule has 4 rings (SSSR count). The molecule has 0 unspecified atom stereocenters. The molecule has 7 heteroatoms. The molecule has 3 aromatic rings. The van der Waals surface area contributed by atoms with Crippen molar-refractivity contribution in [1.82, 2.24) is 0 Å². The molecule has 120 valence electrons. The molecule has 0 aliphatic carbocycles. The minimum atomic E-state index is 0.426. The quantitative estimate of drug-likeness (QED) is 0.296. The monoisotopic (exact) mass is 328 g/mol. The molecule has 0 N–H and O–H groups in total. The van der Waals surface area contributed by atoms with Gasteiger partial charge >= 0.3 is 5.69 Å². The first-order valence-electron chi connectivity index (χ1n) is 7.61. The van der Waals surface area contributed by atoms with Gasteiger partial charge in [0, 0.05) is 5.11 Å². The molecule has 0 aromatic heterocycles. The summed E-state index contributed by atoms with van der Waals surface area (Å²) in [4.78, 5) is 0.546.